The number of nitrogens with one attached hydrogen (secondary N) is 2. The predicted molar refractivity (Wildman–Crippen MR) is 167 cm³/mol. The lowest BCUT2D eigenvalue weighted by atomic mass is 10.1. The molecule has 0 aliphatic heterocycles. The summed E-state index contributed by atoms with van der Waals surface area (Å²) in [4.78, 5) is 12.2. The van der Waals surface area contributed by atoms with Gasteiger partial charge >= 0.3 is 0 Å². The molecule has 0 spiro atoms. The first-order chi connectivity index (χ1) is 20.7. The molecule has 2 aromatic carbocycles. The van der Waals surface area contributed by atoms with Crippen LogP contribution in [0.4, 0.5) is 10.9 Å². The fraction of sp³-hybridized carbons (Fsp3) is 0.367. The molecule has 228 valence electrons. The molecule has 0 aliphatic rings. The van der Waals surface area contributed by atoms with Gasteiger partial charge in [-0.15, -0.1) is 15.3 Å². The van der Waals surface area contributed by atoms with Gasteiger partial charge < -0.3 is 20.5 Å². The minimum absolute atomic E-state index is 0.0832. The number of aryl methyl sites for hydroxylation is 2. The Balaban J connectivity index is 1.13. The number of carbonyl (C=O) groups excluding carboxylic acids is 1. The molecule has 13 heteroatoms. The van der Waals surface area contributed by atoms with Crippen molar-refractivity contribution in [2.24, 2.45) is 0 Å². The largest absolute Gasteiger partial charge is 0.494 e. The van der Waals surface area contributed by atoms with Crippen LogP contribution in [0.5, 0.6) is 5.75 Å². The minimum Gasteiger partial charge on any atom is -0.494 e. The summed E-state index contributed by atoms with van der Waals surface area (Å²) in [6.45, 7) is 0.305. The van der Waals surface area contributed by atoms with Crippen molar-refractivity contribution in [1.29, 1.82) is 0 Å². The Bertz CT molecular complexity index is 1550. The molecule has 0 saturated carbocycles. The van der Waals surface area contributed by atoms with E-state index in [2.05, 4.69) is 31.0 Å². The Morgan fingerprint density at radius 2 is 1.72 bits per heavy atom. The van der Waals surface area contributed by atoms with Crippen molar-refractivity contribution in [3.63, 3.8) is 0 Å². The maximum atomic E-state index is 12.2. The maximum Gasteiger partial charge on any atom is 0.229 e. The van der Waals surface area contributed by atoms with E-state index in [0.29, 0.717) is 36.1 Å². The highest BCUT2D eigenvalue weighted by Gasteiger charge is 2.11. The van der Waals surface area contributed by atoms with Crippen LogP contribution in [0.15, 0.2) is 66.7 Å². The first kappa shape index (κ1) is 32.0. The van der Waals surface area contributed by atoms with Crippen LogP contribution in [0.1, 0.15) is 41.1 Å². The van der Waals surface area contributed by atoms with Gasteiger partial charge in [-0.2, -0.15) is 5.10 Å². The zero-order valence-electron chi connectivity index (χ0n) is 24.0. The van der Waals surface area contributed by atoms with Gasteiger partial charge in [0.2, 0.25) is 11.0 Å². The molecule has 0 fully saturated rings. The van der Waals surface area contributed by atoms with Gasteiger partial charge in [0.25, 0.3) is 0 Å². The zero-order chi connectivity index (χ0) is 30.5. The average molecular weight is 625 g/mol. The number of unbranched alkanes of at least 4 members (excludes halogenated alkanes) is 1. The highest BCUT2D eigenvalue weighted by Crippen LogP contribution is 2.20. The molecule has 1 atom stereocenters. The van der Waals surface area contributed by atoms with Gasteiger partial charge in [0.1, 0.15) is 26.8 Å². The highest BCUT2D eigenvalue weighted by atomic mass is 32.2. The maximum absolute atomic E-state index is 12.2. The SMILES string of the molecule is CS(=O)(=O)CCCOc1cccc(CC(O)Nc2nnc(CCCCc3ccc(NC(=O)Cc4ccccc4)nn3)s2)c1. The summed E-state index contributed by atoms with van der Waals surface area (Å²) in [5, 5.41) is 34.4. The van der Waals surface area contributed by atoms with Crippen LogP contribution in [0.3, 0.4) is 0 Å². The number of anilines is 2. The Kier molecular flexibility index (Phi) is 11.9. The summed E-state index contributed by atoms with van der Waals surface area (Å²) in [5.41, 5.74) is 2.66. The monoisotopic (exact) mass is 624 g/mol. The molecule has 4 aromatic rings. The standard InChI is InChI=1S/C30H36N6O5S2/c1-43(39,40)18-8-17-41-25-13-7-11-23(19-25)21-28(38)32-30-36-35-29(42-30)14-6-5-12-24-15-16-26(34-33-24)31-27(37)20-22-9-3-2-4-10-22/h2-4,7,9-11,13,15-16,19,28,38H,5-6,8,12,14,17-18,20-21H2,1H3,(H,32,36)(H,31,34,37). The van der Waals surface area contributed by atoms with E-state index in [1.807, 2.05) is 54.6 Å². The number of benzene rings is 2. The summed E-state index contributed by atoms with van der Waals surface area (Å²) >= 11 is 1.41. The number of aliphatic hydroxyl groups is 1. The van der Waals surface area contributed by atoms with Crippen molar-refractivity contribution < 1.29 is 23.1 Å². The van der Waals surface area contributed by atoms with E-state index in [1.165, 1.54) is 17.6 Å². The molecule has 3 N–H and O–H groups in total. The summed E-state index contributed by atoms with van der Waals surface area (Å²) in [5.74, 6) is 1.01. The van der Waals surface area contributed by atoms with Crippen molar-refractivity contribution in [2.75, 3.05) is 29.2 Å². The normalized spacial score (nSPS) is 12.0. The van der Waals surface area contributed by atoms with E-state index in [0.717, 1.165) is 47.5 Å². The second-order valence-corrected chi connectivity index (χ2v) is 13.5. The molecule has 4 rings (SSSR count). The minimum atomic E-state index is -3.01. The van der Waals surface area contributed by atoms with E-state index < -0.39 is 16.1 Å². The third-order valence-corrected chi connectivity index (χ3v) is 8.23. The topological polar surface area (TPSA) is 156 Å². The number of aromatic nitrogens is 4. The van der Waals surface area contributed by atoms with Crippen LogP contribution in [-0.4, -0.2) is 64.7 Å². The average Bonchev–Trinajstić information content (AvgIpc) is 3.41. The van der Waals surface area contributed by atoms with E-state index in [-0.39, 0.29) is 18.1 Å². The van der Waals surface area contributed by atoms with Crippen LogP contribution < -0.4 is 15.4 Å². The van der Waals surface area contributed by atoms with Crippen LogP contribution >= 0.6 is 11.3 Å². The molecule has 0 saturated heterocycles. The van der Waals surface area contributed by atoms with Crippen molar-refractivity contribution in [3.8, 4) is 5.75 Å². The summed E-state index contributed by atoms with van der Waals surface area (Å²) in [7, 11) is -3.01. The number of rotatable bonds is 17. The highest BCUT2D eigenvalue weighted by molar-refractivity contribution is 7.90. The summed E-state index contributed by atoms with van der Waals surface area (Å²) in [6.07, 6.45) is 4.70. The third-order valence-electron chi connectivity index (χ3n) is 6.28. The molecule has 43 heavy (non-hydrogen) atoms. The second-order valence-electron chi connectivity index (χ2n) is 10.2. The number of hydrogen-bond acceptors (Lipinski definition) is 11. The van der Waals surface area contributed by atoms with Gasteiger partial charge in [-0.05, 0) is 61.1 Å². The first-order valence-electron chi connectivity index (χ1n) is 14.0. The smallest absolute Gasteiger partial charge is 0.229 e. The molecule has 2 heterocycles. The van der Waals surface area contributed by atoms with Gasteiger partial charge in [0.15, 0.2) is 5.82 Å². The Morgan fingerprint density at radius 3 is 2.49 bits per heavy atom. The van der Waals surface area contributed by atoms with E-state index in [1.54, 1.807) is 12.1 Å². The predicted octanol–water partition coefficient (Wildman–Crippen LogP) is 3.86. The quantitative estimate of drug-likeness (QED) is 0.116. The lowest BCUT2D eigenvalue weighted by molar-refractivity contribution is -0.115. The summed E-state index contributed by atoms with van der Waals surface area (Å²) in [6, 6.07) is 20.5. The van der Waals surface area contributed by atoms with Gasteiger partial charge in [0.05, 0.1) is 24.5 Å². The molecule has 11 nitrogen and oxygen atoms in total. The van der Waals surface area contributed by atoms with Gasteiger partial charge in [-0.3, -0.25) is 4.79 Å². The molecule has 0 aliphatic carbocycles. The number of amides is 1. The molecule has 1 unspecified atom stereocenters. The van der Waals surface area contributed by atoms with Crippen LogP contribution in [0.25, 0.3) is 0 Å². The molecular formula is C30H36N6O5S2. The fourth-order valence-electron chi connectivity index (χ4n) is 4.21. The van der Waals surface area contributed by atoms with E-state index in [4.69, 9.17) is 4.74 Å². The molecule has 0 bridgehead atoms. The van der Waals surface area contributed by atoms with Crippen LogP contribution in [-0.2, 0) is 40.3 Å². The molecule has 0 radical (unpaired) electrons. The Morgan fingerprint density at radius 1 is 0.930 bits per heavy atom. The van der Waals surface area contributed by atoms with Gasteiger partial charge in [-0.25, -0.2) is 8.42 Å². The number of nitrogens with zero attached hydrogens (tertiary/aromatic N) is 4. The fourth-order valence-corrected chi connectivity index (χ4v) is 5.68. The van der Waals surface area contributed by atoms with Crippen molar-refractivity contribution in [1.82, 2.24) is 20.4 Å². The van der Waals surface area contributed by atoms with Gasteiger partial charge in [-0.1, -0.05) is 53.8 Å². The van der Waals surface area contributed by atoms with Crippen molar-refractivity contribution in [2.45, 2.75) is 51.2 Å². The Hall–Kier alpha value is -3.94. The number of carbonyl (C=O) groups is 1. The number of aliphatic hydroxyl groups excluding tert-OH is 1. The Labute approximate surface area is 255 Å². The lowest BCUT2D eigenvalue weighted by Gasteiger charge is -2.12. The number of hydrogen-bond donors (Lipinski definition) is 3. The number of ether oxygens (including phenoxy) is 1. The zero-order valence-corrected chi connectivity index (χ0v) is 25.6. The van der Waals surface area contributed by atoms with E-state index >= 15 is 0 Å². The van der Waals surface area contributed by atoms with Crippen molar-refractivity contribution in [3.05, 3.63) is 88.6 Å². The molecule has 1 amide bonds. The van der Waals surface area contributed by atoms with Crippen LogP contribution in [0.2, 0.25) is 0 Å². The van der Waals surface area contributed by atoms with E-state index in [9.17, 15) is 18.3 Å². The lowest BCUT2D eigenvalue weighted by Crippen LogP contribution is -2.21. The van der Waals surface area contributed by atoms with Crippen molar-refractivity contribution >= 4 is 38.0 Å². The van der Waals surface area contributed by atoms with Gasteiger partial charge in [0, 0.05) is 19.1 Å². The molecule has 2 aromatic heterocycles. The first-order valence-corrected chi connectivity index (χ1v) is 16.9. The molecular weight excluding hydrogens is 589 g/mol. The summed E-state index contributed by atoms with van der Waals surface area (Å²) < 4.78 is 28.1. The second kappa shape index (κ2) is 16.1. The van der Waals surface area contributed by atoms with Crippen LogP contribution in [0, 0.1) is 0 Å². The third kappa shape index (κ3) is 12.1. The number of sulfone groups is 1.